The number of imidazole rings is 1. The Bertz CT molecular complexity index is 1310. The molecule has 0 saturated carbocycles. The smallest absolute Gasteiger partial charge is 0.341 e. The minimum Gasteiger partial charge on any atom is -0.341 e. The van der Waals surface area contributed by atoms with Crippen LogP contribution in [0.15, 0.2) is 27.8 Å². The molecule has 2 N–H and O–H groups in total. The van der Waals surface area contributed by atoms with E-state index >= 15 is 0 Å². The van der Waals surface area contributed by atoms with Gasteiger partial charge in [0.15, 0.2) is 11.2 Å². The predicted octanol–water partition coefficient (Wildman–Crippen LogP) is 1.57. The van der Waals surface area contributed by atoms with Crippen molar-refractivity contribution in [1.82, 2.24) is 18.7 Å². The zero-order valence-corrected chi connectivity index (χ0v) is 17.5. The third kappa shape index (κ3) is 3.68. The van der Waals surface area contributed by atoms with Crippen LogP contribution in [0.1, 0.15) is 24.0 Å². The molecule has 1 aliphatic rings. The normalized spacial score (nSPS) is 17.3. The van der Waals surface area contributed by atoms with E-state index in [2.05, 4.69) is 4.98 Å². The zero-order chi connectivity index (χ0) is 23.4. The Morgan fingerprint density at radius 1 is 1.19 bits per heavy atom. The van der Waals surface area contributed by atoms with Gasteiger partial charge in [-0.2, -0.15) is 18.2 Å². The molecule has 32 heavy (non-hydrogen) atoms. The first kappa shape index (κ1) is 22.1. The van der Waals surface area contributed by atoms with Gasteiger partial charge < -0.3 is 10.6 Å². The first-order valence-electron chi connectivity index (χ1n) is 10.0. The predicted molar refractivity (Wildman–Crippen MR) is 110 cm³/mol. The van der Waals surface area contributed by atoms with Crippen LogP contribution in [-0.2, 0) is 26.8 Å². The molecule has 0 aliphatic carbocycles. The molecule has 12 heteroatoms. The van der Waals surface area contributed by atoms with Gasteiger partial charge in [0.25, 0.3) is 5.56 Å². The van der Waals surface area contributed by atoms with Gasteiger partial charge >= 0.3 is 11.9 Å². The molecule has 3 aromatic rings. The highest BCUT2D eigenvalue weighted by atomic mass is 19.4. The highest BCUT2D eigenvalue weighted by Crippen LogP contribution is 2.34. The van der Waals surface area contributed by atoms with Gasteiger partial charge in [-0.05, 0) is 36.6 Å². The molecule has 0 bridgehead atoms. The highest BCUT2D eigenvalue weighted by molar-refractivity contribution is 5.75. The van der Waals surface area contributed by atoms with Crippen molar-refractivity contribution in [2.75, 3.05) is 18.0 Å². The molecule has 8 nitrogen and oxygen atoms in total. The third-order valence-corrected chi connectivity index (χ3v) is 5.77. The van der Waals surface area contributed by atoms with Crippen molar-refractivity contribution < 1.29 is 17.6 Å². The lowest BCUT2D eigenvalue weighted by atomic mass is 10.1. The fourth-order valence-electron chi connectivity index (χ4n) is 4.16. The first-order chi connectivity index (χ1) is 15.0. The van der Waals surface area contributed by atoms with Crippen LogP contribution in [0.5, 0.6) is 0 Å². The number of hydrogen-bond donors (Lipinski definition) is 1. The number of nitrogens with two attached hydrogens (primary N) is 1. The minimum absolute atomic E-state index is 0.0391. The maximum atomic E-state index is 13.9. The van der Waals surface area contributed by atoms with E-state index < -0.39 is 35.4 Å². The van der Waals surface area contributed by atoms with Crippen LogP contribution in [-0.4, -0.2) is 37.8 Å². The summed E-state index contributed by atoms with van der Waals surface area (Å²) in [7, 11) is 2.71. The summed E-state index contributed by atoms with van der Waals surface area (Å²) in [6, 6.07) is 2.04. The van der Waals surface area contributed by atoms with E-state index in [0.29, 0.717) is 19.2 Å². The van der Waals surface area contributed by atoms with Crippen LogP contribution in [0.25, 0.3) is 11.2 Å². The van der Waals surface area contributed by atoms with Crippen LogP contribution in [0.4, 0.5) is 23.5 Å². The summed E-state index contributed by atoms with van der Waals surface area (Å²) in [4.78, 5) is 31.6. The number of aromatic nitrogens is 4. The molecular weight excluding hydrogens is 432 g/mol. The van der Waals surface area contributed by atoms with E-state index in [4.69, 9.17) is 5.73 Å². The monoisotopic (exact) mass is 454 g/mol. The molecule has 0 amide bonds. The van der Waals surface area contributed by atoms with Crippen LogP contribution in [0.3, 0.4) is 0 Å². The molecule has 3 heterocycles. The molecule has 2 aromatic heterocycles. The Hall–Kier alpha value is -3.15. The second-order valence-corrected chi connectivity index (χ2v) is 8.02. The Balaban J connectivity index is 2.00. The largest absolute Gasteiger partial charge is 0.416 e. The van der Waals surface area contributed by atoms with E-state index in [1.54, 1.807) is 4.90 Å². The van der Waals surface area contributed by atoms with Gasteiger partial charge in [0, 0.05) is 33.2 Å². The Kier molecular flexibility index (Phi) is 5.35. The topological polar surface area (TPSA) is 91.1 Å². The lowest BCUT2D eigenvalue weighted by Crippen LogP contribution is -2.44. The number of fused-ring (bicyclic) bond motifs is 1. The zero-order valence-electron chi connectivity index (χ0n) is 17.5. The second-order valence-electron chi connectivity index (χ2n) is 8.02. The Labute approximate surface area is 179 Å². The standard InChI is InChI=1S/C20H22F4N6O2/c1-27-16-15(17(31)28(2)19(27)32)30(18(26-16)29-7-3-4-13(25)10-29)9-11-8-12(21)5-6-14(11)20(22,23)24/h5-6,8,13H,3-4,7,9-10,25H2,1-2H3/t13-/m1/s1. The van der Waals surface area contributed by atoms with Crippen molar-refractivity contribution in [3.63, 3.8) is 0 Å². The average Bonchev–Trinajstić information content (AvgIpc) is 3.09. The van der Waals surface area contributed by atoms with Crippen molar-refractivity contribution >= 4 is 17.1 Å². The molecular formula is C20H22F4N6O2. The maximum Gasteiger partial charge on any atom is 0.416 e. The molecule has 4 rings (SSSR count). The Morgan fingerprint density at radius 3 is 2.56 bits per heavy atom. The number of anilines is 1. The highest BCUT2D eigenvalue weighted by Gasteiger charge is 2.34. The van der Waals surface area contributed by atoms with Crippen molar-refractivity contribution in [3.05, 3.63) is 56.0 Å². The quantitative estimate of drug-likeness (QED) is 0.607. The summed E-state index contributed by atoms with van der Waals surface area (Å²) in [5, 5.41) is 0. The number of halogens is 4. The number of nitrogens with zero attached hydrogens (tertiary/aromatic N) is 5. The molecule has 172 valence electrons. The first-order valence-corrected chi connectivity index (χ1v) is 10.0. The summed E-state index contributed by atoms with van der Waals surface area (Å²) < 4.78 is 58.1. The van der Waals surface area contributed by atoms with Crippen LogP contribution in [0.2, 0.25) is 0 Å². The molecule has 0 radical (unpaired) electrons. The molecule has 0 unspecified atom stereocenters. The molecule has 1 aliphatic heterocycles. The number of benzene rings is 1. The lowest BCUT2D eigenvalue weighted by molar-refractivity contribution is -0.138. The van der Waals surface area contributed by atoms with Gasteiger partial charge in [0.1, 0.15) is 5.82 Å². The van der Waals surface area contributed by atoms with Crippen LogP contribution in [0, 0.1) is 5.82 Å². The van der Waals surface area contributed by atoms with Gasteiger partial charge in [0.05, 0.1) is 12.1 Å². The second kappa shape index (κ2) is 7.76. The number of piperidine rings is 1. The van der Waals surface area contributed by atoms with E-state index in [9.17, 15) is 27.2 Å². The summed E-state index contributed by atoms with van der Waals surface area (Å²) in [6.45, 7) is 0.449. The van der Waals surface area contributed by atoms with Gasteiger partial charge in [0.2, 0.25) is 5.95 Å². The van der Waals surface area contributed by atoms with E-state index in [1.165, 1.54) is 18.7 Å². The van der Waals surface area contributed by atoms with Crippen molar-refractivity contribution in [2.24, 2.45) is 19.8 Å². The molecule has 1 atom stereocenters. The average molecular weight is 454 g/mol. The summed E-state index contributed by atoms with van der Waals surface area (Å²) in [5.41, 5.74) is 3.39. The summed E-state index contributed by atoms with van der Waals surface area (Å²) >= 11 is 0. The number of aryl methyl sites for hydroxylation is 1. The van der Waals surface area contributed by atoms with E-state index in [1.807, 2.05) is 0 Å². The van der Waals surface area contributed by atoms with Gasteiger partial charge in [-0.1, -0.05) is 0 Å². The fourth-order valence-corrected chi connectivity index (χ4v) is 4.16. The van der Waals surface area contributed by atoms with Crippen molar-refractivity contribution in [2.45, 2.75) is 31.6 Å². The van der Waals surface area contributed by atoms with E-state index in [-0.39, 0.29) is 28.7 Å². The van der Waals surface area contributed by atoms with E-state index in [0.717, 1.165) is 34.1 Å². The molecule has 1 fully saturated rings. The fraction of sp³-hybridized carbons (Fsp3) is 0.450. The maximum absolute atomic E-state index is 13.9. The minimum atomic E-state index is -4.72. The van der Waals surface area contributed by atoms with Gasteiger partial charge in [-0.3, -0.25) is 18.5 Å². The Morgan fingerprint density at radius 2 is 1.91 bits per heavy atom. The van der Waals surface area contributed by atoms with Crippen LogP contribution >= 0.6 is 0 Å². The number of hydrogen-bond acceptors (Lipinski definition) is 5. The molecule has 0 spiro atoms. The third-order valence-electron chi connectivity index (χ3n) is 5.77. The summed E-state index contributed by atoms with van der Waals surface area (Å²) in [5.74, 6) is -0.620. The van der Waals surface area contributed by atoms with Crippen LogP contribution < -0.4 is 21.9 Å². The van der Waals surface area contributed by atoms with Crippen molar-refractivity contribution in [1.29, 1.82) is 0 Å². The lowest BCUT2D eigenvalue weighted by Gasteiger charge is -2.32. The molecule has 1 aromatic carbocycles. The molecule has 1 saturated heterocycles. The number of rotatable bonds is 3. The van der Waals surface area contributed by atoms with Gasteiger partial charge in [-0.25, -0.2) is 9.18 Å². The SMILES string of the molecule is Cn1c(=O)c2c(nc(N3CCC[C@@H](N)C3)n2Cc2cc(F)ccc2C(F)(F)F)n(C)c1=O. The number of alkyl halides is 3. The van der Waals surface area contributed by atoms with Crippen molar-refractivity contribution in [3.8, 4) is 0 Å². The summed E-state index contributed by atoms with van der Waals surface area (Å²) in [6.07, 6.45) is -3.21. The van der Waals surface area contributed by atoms with Gasteiger partial charge in [-0.15, -0.1) is 0 Å².